The van der Waals surface area contributed by atoms with Crippen LogP contribution in [0, 0.1) is 6.92 Å². The van der Waals surface area contributed by atoms with Crippen LogP contribution in [0.5, 0.6) is 5.75 Å². The van der Waals surface area contributed by atoms with Crippen molar-refractivity contribution in [1.29, 1.82) is 0 Å². The van der Waals surface area contributed by atoms with E-state index in [0.29, 0.717) is 5.75 Å². The number of aryl methyl sites for hydroxylation is 1. The third-order valence-electron chi connectivity index (χ3n) is 6.24. The fourth-order valence-corrected chi connectivity index (χ4v) is 5.21. The number of hydrogen-bond acceptors (Lipinski definition) is 1. The first kappa shape index (κ1) is 14.8. The molecule has 0 aliphatic heterocycles. The molecule has 1 unspecified atom stereocenters. The predicted octanol–water partition coefficient (Wildman–Crippen LogP) is 6.04. The van der Waals surface area contributed by atoms with Crippen LogP contribution in [0.1, 0.15) is 27.8 Å². The summed E-state index contributed by atoms with van der Waals surface area (Å²) in [5, 5.41) is 10.2. The van der Waals surface area contributed by atoms with Gasteiger partial charge in [-0.15, -0.1) is 0 Å². The molecule has 0 saturated heterocycles. The summed E-state index contributed by atoms with van der Waals surface area (Å²) in [6.45, 7) is 2.13. The highest BCUT2D eigenvalue weighted by Gasteiger charge is 2.52. The van der Waals surface area contributed by atoms with Gasteiger partial charge < -0.3 is 5.11 Å². The number of fused-ring (bicyclic) bond motifs is 6. The van der Waals surface area contributed by atoms with Gasteiger partial charge in [-0.05, 0) is 63.6 Å². The number of phenols is 1. The molecule has 0 bridgehead atoms. The summed E-state index contributed by atoms with van der Waals surface area (Å²) in [4.78, 5) is 0. The number of benzene rings is 4. The SMILES string of the molecule is Cc1ccc(C23c4ccccc4-c4cccc(c42)-c2cc(O)ccc23)cc1. The molecule has 0 amide bonds. The molecular weight excluding hydrogens is 328 g/mol. The Morgan fingerprint density at radius 1 is 0.630 bits per heavy atom. The summed E-state index contributed by atoms with van der Waals surface area (Å²) in [5.74, 6) is 0.318. The Balaban J connectivity index is 1.85. The van der Waals surface area contributed by atoms with E-state index < -0.39 is 0 Å². The van der Waals surface area contributed by atoms with E-state index in [4.69, 9.17) is 0 Å². The molecule has 1 N–H and O–H groups in total. The minimum absolute atomic E-state index is 0.306. The van der Waals surface area contributed by atoms with Crippen molar-refractivity contribution in [3.63, 3.8) is 0 Å². The molecule has 0 radical (unpaired) electrons. The molecule has 4 aromatic carbocycles. The largest absolute Gasteiger partial charge is 0.508 e. The zero-order valence-electron chi connectivity index (χ0n) is 15.0. The van der Waals surface area contributed by atoms with Crippen LogP contribution in [-0.2, 0) is 5.41 Å². The number of hydrogen-bond donors (Lipinski definition) is 1. The van der Waals surface area contributed by atoms with Gasteiger partial charge in [-0.2, -0.15) is 0 Å². The summed E-state index contributed by atoms with van der Waals surface area (Å²) in [6, 6.07) is 30.1. The average molecular weight is 346 g/mol. The van der Waals surface area contributed by atoms with Gasteiger partial charge in [-0.25, -0.2) is 0 Å². The molecule has 0 spiro atoms. The van der Waals surface area contributed by atoms with Gasteiger partial charge in [0.15, 0.2) is 0 Å². The highest BCUT2D eigenvalue weighted by molar-refractivity contribution is 5.98. The monoisotopic (exact) mass is 346 g/mol. The molecule has 4 aromatic rings. The van der Waals surface area contributed by atoms with Gasteiger partial charge in [0.25, 0.3) is 0 Å². The van der Waals surface area contributed by atoms with E-state index in [-0.39, 0.29) is 5.41 Å². The summed E-state index contributed by atoms with van der Waals surface area (Å²) in [6.07, 6.45) is 0. The van der Waals surface area contributed by atoms with Crippen molar-refractivity contribution in [2.24, 2.45) is 0 Å². The summed E-state index contributed by atoms with van der Waals surface area (Å²) in [7, 11) is 0. The van der Waals surface area contributed by atoms with Crippen LogP contribution in [0.15, 0.2) is 84.9 Å². The van der Waals surface area contributed by atoms with Gasteiger partial charge >= 0.3 is 0 Å². The van der Waals surface area contributed by atoms with E-state index in [2.05, 4.69) is 79.7 Å². The second-order valence-corrected chi connectivity index (χ2v) is 7.62. The Bertz CT molecular complexity index is 1230. The molecule has 0 aromatic heterocycles. The lowest BCUT2D eigenvalue weighted by molar-refractivity contribution is 0.475. The summed E-state index contributed by atoms with van der Waals surface area (Å²) in [5.41, 5.74) is 11.2. The third-order valence-corrected chi connectivity index (χ3v) is 6.24. The quantitative estimate of drug-likeness (QED) is 0.384. The zero-order valence-corrected chi connectivity index (χ0v) is 15.0. The molecule has 0 saturated carbocycles. The van der Waals surface area contributed by atoms with Crippen molar-refractivity contribution in [2.75, 3.05) is 0 Å². The van der Waals surface area contributed by atoms with Crippen molar-refractivity contribution in [3.8, 4) is 28.0 Å². The van der Waals surface area contributed by atoms with Gasteiger partial charge in [0.05, 0.1) is 5.41 Å². The van der Waals surface area contributed by atoms with Crippen molar-refractivity contribution >= 4 is 0 Å². The molecule has 0 heterocycles. The van der Waals surface area contributed by atoms with E-state index in [1.165, 1.54) is 44.5 Å². The summed E-state index contributed by atoms with van der Waals surface area (Å²) < 4.78 is 0. The highest BCUT2D eigenvalue weighted by atomic mass is 16.3. The number of aromatic hydroxyl groups is 1. The van der Waals surface area contributed by atoms with E-state index in [1.807, 2.05) is 12.1 Å². The Hall–Kier alpha value is -3.32. The summed E-state index contributed by atoms with van der Waals surface area (Å²) >= 11 is 0. The molecule has 1 nitrogen and oxygen atoms in total. The maximum atomic E-state index is 10.2. The number of rotatable bonds is 1. The maximum Gasteiger partial charge on any atom is 0.116 e. The Morgan fingerprint density at radius 2 is 1.30 bits per heavy atom. The minimum Gasteiger partial charge on any atom is -0.508 e. The highest BCUT2D eigenvalue weighted by Crippen LogP contribution is 2.64. The van der Waals surface area contributed by atoms with Crippen molar-refractivity contribution in [2.45, 2.75) is 12.3 Å². The topological polar surface area (TPSA) is 20.2 Å². The lowest BCUT2D eigenvalue weighted by Crippen LogP contribution is -2.26. The lowest BCUT2D eigenvalue weighted by atomic mass is 9.70. The fraction of sp³-hybridized carbons (Fsp3) is 0.0769. The van der Waals surface area contributed by atoms with E-state index in [1.54, 1.807) is 0 Å². The van der Waals surface area contributed by atoms with Crippen molar-refractivity contribution in [1.82, 2.24) is 0 Å². The van der Waals surface area contributed by atoms with Crippen molar-refractivity contribution in [3.05, 3.63) is 113 Å². The minimum atomic E-state index is -0.306. The molecule has 1 atom stereocenters. The molecule has 128 valence electrons. The first-order chi connectivity index (χ1) is 13.2. The van der Waals surface area contributed by atoms with Crippen LogP contribution < -0.4 is 0 Å². The van der Waals surface area contributed by atoms with E-state index >= 15 is 0 Å². The molecular formula is C26H18O. The average Bonchev–Trinajstić information content (AvgIpc) is 3.16. The van der Waals surface area contributed by atoms with Crippen molar-refractivity contribution < 1.29 is 5.11 Å². The van der Waals surface area contributed by atoms with Crippen LogP contribution >= 0.6 is 0 Å². The van der Waals surface area contributed by atoms with Gasteiger partial charge in [0, 0.05) is 0 Å². The normalized spacial score (nSPS) is 18.1. The first-order valence-corrected chi connectivity index (χ1v) is 9.35. The van der Waals surface area contributed by atoms with E-state index in [9.17, 15) is 5.11 Å². The van der Waals surface area contributed by atoms with Crippen LogP contribution in [0.4, 0.5) is 0 Å². The van der Waals surface area contributed by atoms with Crippen LogP contribution in [0.3, 0.4) is 0 Å². The standard InChI is InChI=1S/C26H18O/c1-16-9-11-17(12-10-16)26-23-8-3-2-5-19(23)20-6-4-7-21(25(20)26)22-15-18(27)13-14-24(22)26/h2-15,27H,1H3. The van der Waals surface area contributed by atoms with Gasteiger partial charge in [-0.3, -0.25) is 0 Å². The maximum absolute atomic E-state index is 10.2. The molecule has 27 heavy (non-hydrogen) atoms. The van der Waals surface area contributed by atoms with Gasteiger partial charge in [-0.1, -0.05) is 78.4 Å². The Morgan fingerprint density at radius 3 is 2.11 bits per heavy atom. The third kappa shape index (κ3) is 1.65. The molecule has 0 fully saturated rings. The molecule has 2 aliphatic carbocycles. The van der Waals surface area contributed by atoms with Crippen LogP contribution in [0.25, 0.3) is 22.3 Å². The molecule has 1 heteroatoms. The zero-order chi connectivity index (χ0) is 18.2. The number of phenolic OH excluding ortho intramolecular Hbond substituents is 1. The second-order valence-electron chi connectivity index (χ2n) is 7.62. The Kier molecular flexibility index (Phi) is 2.68. The van der Waals surface area contributed by atoms with Gasteiger partial charge in [0.2, 0.25) is 0 Å². The fourth-order valence-electron chi connectivity index (χ4n) is 5.21. The molecule has 6 rings (SSSR count). The van der Waals surface area contributed by atoms with E-state index in [0.717, 1.165) is 5.56 Å². The smallest absolute Gasteiger partial charge is 0.116 e. The van der Waals surface area contributed by atoms with Gasteiger partial charge in [0.1, 0.15) is 5.75 Å². The second kappa shape index (κ2) is 4.89. The first-order valence-electron chi connectivity index (χ1n) is 9.35. The van der Waals surface area contributed by atoms with Crippen LogP contribution in [-0.4, -0.2) is 5.11 Å². The Labute approximate surface area is 158 Å². The molecule has 2 aliphatic rings. The predicted molar refractivity (Wildman–Crippen MR) is 109 cm³/mol. The van der Waals surface area contributed by atoms with Crippen LogP contribution in [0.2, 0.25) is 0 Å². The lowest BCUT2D eigenvalue weighted by Gasteiger charge is -2.30.